The van der Waals surface area contributed by atoms with Crippen molar-refractivity contribution in [3.05, 3.63) is 48.5 Å². The molecule has 4 aliphatic heterocycles. The Bertz CT molecular complexity index is 1590. The van der Waals surface area contributed by atoms with Gasteiger partial charge in [-0.3, -0.25) is 19.2 Å². The zero-order valence-electron chi connectivity index (χ0n) is 32.0. The summed E-state index contributed by atoms with van der Waals surface area (Å²) in [5.74, 6) is -1.65. The Kier molecular flexibility index (Phi) is 13.8. The van der Waals surface area contributed by atoms with E-state index in [4.69, 9.17) is 18.9 Å². The van der Waals surface area contributed by atoms with E-state index in [1.807, 2.05) is 48.5 Å². The van der Waals surface area contributed by atoms with Gasteiger partial charge in [-0.1, -0.05) is 24.3 Å². The molecule has 0 saturated carbocycles. The lowest BCUT2D eigenvalue weighted by Crippen LogP contribution is -2.47. The highest BCUT2D eigenvalue weighted by molar-refractivity contribution is 5.95. The molecule has 6 rings (SSSR count). The summed E-state index contributed by atoms with van der Waals surface area (Å²) in [5.41, 5.74) is 3.09. The number of carbonyl (C=O) groups excluding carboxylic acids is 6. The third kappa shape index (κ3) is 11.0. The molecule has 0 bridgehead atoms. The maximum Gasteiger partial charge on any atom is 0.408 e. The molecular formula is C40H52N6O10. The largest absolute Gasteiger partial charge is 0.446 e. The molecule has 2 aromatic rings. The Hall–Kier alpha value is -5.22. The first-order valence-electron chi connectivity index (χ1n) is 19.5. The molecule has 0 radical (unpaired) electrons. The first-order valence-corrected chi connectivity index (χ1v) is 19.5. The number of hydrogen-bond acceptors (Lipinski definition) is 10. The Morgan fingerprint density at radius 2 is 0.929 bits per heavy atom. The van der Waals surface area contributed by atoms with Crippen molar-refractivity contribution >= 4 is 47.2 Å². The zero-order valence-corrected chi connectivity index (χ0v) is 32.0. The van der Waals surface area contributed by atoms with Gasteiger partial charge in [0.05, 0.1) is 38.3 Å². The van der Waals surface area contributed by atoms with Crippen LogP contribution in [-0.2, 0) is 38.1 Å². The predicted octanol–water partition coefficient (Wildman–Crippen LogP) is 3.52. The summed E-state index contributed by atoms with van der Waals surface area (Å²) in [6, 6.07) is 13.3. The first-order chi connectivity index (χ1) is 27.0. The second kappa shape index (κ2) is 19.1. The fraction of sp³-hybridized carbons (Fsp3) is 0.550. The number of amides is 6. The lowest BCUT2D eigenvalue weighted by atomic mass is 10.0. The Morgan fingerprint density at radius 1 is 0.571 bits per heavy atom. The lowest BCUT2D eigenvalue weighted by molar-refractivity contribution is -0.133. The molecule has 0 spiro atoms. The van der Waals surface area contributed by atoms with E-state index in [1.54, 1.807) is 23.6 Å². The van der Waals surface area contributed by atoms with E-state index in [0.717, 1.165) is 11.1 Å². The van der Waals surface area contributed by atoms with Crippen LogP contribution in [0.3, 0.4) is 0 Å². The minimum atomic E-state index is -0.780. The van der Waals surface area contributed by atoms with Crippen LogP contribution in [0.5, 0.6) is 0 Å². The zero-order chi connectivity index (χ0) is 39.6. The highest BCUT2D eigenvalue weighted by atomic mass is 16.6. The molecule has 0 aliphatic carbocycles. The number of carbonyl (C=O) groups is 6. The quantitative estimate of drug-likeness (QED) is 0.263. The van der Waals surface area contributed by atoms with E-state index in [2.05, 4.69) is 21.3 Å². The monoisotopic (exact) mass is 776 g/mol. The van der Waals surface area contributed by atoms with Crippen LogP contribution >= 0.6 is 0 Å². The lowest BCUT2D eigenvalue weighted by Gasteiger charge is -2.25. The number of ether oxygens (including phenoxy) is 4. The number of rotatable bonds is 11. The van der Waals surface area contributed by atoms with Crippen LogP contribution in [0.15, 0.2) is 48.5 Å². The van der Waals surface area contributed by atoms with Gasteiger partial charge in [0.15, 0.2) is 0 Å². The summed E-state index contributed by atoms with van der Waals surface area (Å²) >= 11 is 0. The number of alkyl carbamates (subject to hydrolysis) is 2. The average molecular weight is 777 g/mol. The normalized spacial score (nSPS) is 21.4. The fourth-order valence-corrected chi connectivity index (χ4v) is 7.31. The summed E-state index contributed by atoms with van der Waals surface area (Å²) in [6.07, 6.45) is 1.83. The van der Waals surface area contributed by atoms with Gasteiger partial charge in [-0.05, 0) is 62.1 Å². The van der Waals surface area contributed by atoms with Crippen molar-refractivity contribution in [1.82, 2.24) is 20.4 Å². The van der Waals surface area contributed by atoms with E-state index in [0.29, 0.717) is 89.4 Å². The summed E-state index contributed by atoms with van der Waals surface area (Å²) in [4.78, 5) is 79.9. The van der Waals surface area contributed by atoms with E-state index >= 15 is 0 Å². The van der Waals surface area contributed by atoms with Crippen molar-refractivity contribution in [3.63, 3.8) is 0 Å². The van der Waals surface area contributed by atoms with Crippen molar-refractivity contribution in [2.24, 2.45) is 11.8 Å². The minimum Gasteiger partial charge on any atom is -0.446 e. The van der Waals surface area contributed by atoms with Crippen molar-refractivity contribution in [2.45, 2.75) is 76.7 Å². The summed E-state index contributed by atoms with van der Waals surface area (Å²) in [7, 11) is 0. The van der Waals surface area contributed by atoms with Crippen LogP contribution in [0.2, 0.25) is 0 Å². The molecule has 4 heterocycles. The molecule has 0 aromatic heterocycles. The van der Waals surface area contributed by atoms with E-state index < -0.39 is 24.3 Å². The smallest absolute Gasteiger partial charge is 0.408 e. The number of nitrogens with one attached hydrogen (secondary N) is 4. The third-order valence-corrected chi connectivity index (χ3v) is 10.7. The van der Waals surface area contributed by atoms with Crippen molar-refractivity contribution in [1.29, 1.82) is 0 Å². The number of anilines is 2. The molecule has 302 valence electrons. The standard InChI is InChI=1S/C40H52N6O10/c1-25(41-39(51)55-33-13-19-53-20-14-33)37(49)45-17-11-29(23-45)35(47)43-31-7-3-27(4-8-31)28-5-9-32(10-6-28)44-36(48)30-12-18-46(24-30)38(50)26(2)42-40(52)56-34-15-21-54-22-16-34/h3-10,25-26,29-30,33-34H,11-24H2,1-2H3,(H,41,51)(H,42,52)(H,43,47)(H,44,48)/t25-,26+,29-,30+. The van der Waals surface area contributed by atoms with Gasteiger partial charge in [0, 0.05) is 63.2 Å². The van der Waals surface area contributed by atoms with Crippen LogP contribution in [0.1, 0.15) is 52.4 Å². The van der Waals surface area contributed by atoms with Crippen LogP contribution < -0.4 is 21.3 Å². The van der Waals surface area contributed by atoms with Gasteiger partial charge >= 0.3 is 12.2 Å². The summed E-state index contributed by atoms with van der Waals surface area (Å²) < 4.78 is 21.4. The van der Waals surface area contributed by atoms with Crippen LogP contribution in [0.4, 0.5) is 21.0 Å². The van der Waals surface area contributed by atoms with Gasteiger partial charge in [-0.2, -0.15) is 0 Å². The Balaban J connectivity index is 0.906. The van der Waals surface area contributed by atoms with Crippen molar-refractivity contribution in [2.75, 3.05) is 63.2 Å². The van der Waals surface area contributed by atoms with E-state index in [-0.39, 0.29) is 60.8 Å². The molecular weight excluding hydrogens is 724 g/mol. The molecule has 0 unspecified atom stereocenters. The number of likely N-dealkylation sites (tertiary alicyclic amines) is 2. The predicted molar refractivity (Wildman–Crippen MR) is 204 cm³/mol. The van der Waals surface area contributed by atoms with Gasteiger partial charge in [-0.15, -0.1) is 0 Å². The molecule has 6 amide bonds. The van der Waals surface area contributed by atoms with Crippen LogP contribution in [0.25, 0.3) is 11.1 Å². The van der Waals surface area contributed by atoms with E-state index in [9.17, 15) is 28.8 Å². The Labute approximate surface area is 326 Å². The van der Waals surface area contributed by atoms with Gasteiger partial charge in [-0.25, -0.2) is 9.59 Å². The highest BCUT2D eigenvalue weighted by Crippen LogP contribution is 2.26. The van der Waals surface area contributed by atoms with Gasteiger partial charge in [0.2, 0.25) is 23.6 Å². The number of hydrogen-bond donors (Lipinski definition) is 4. The molecule has 4 aliphatic rings. The number of nitrogens with zero attached hydrogens (tertiary/aromatic N) is 2. The van der Waals surface area contributed by atoms with Crippen molar-refractivity contribution in [3.8, 4) is 11.1 Å². The molecule has 4 fully saturated rings. The maximum absolute atomic E-state index is 13.1. The third-order valence-electron chi connectivity index (χ3n) is 10.7. The second-order valence-electron chi connectivity index (χ2n) is 14.8. The van der Waals surface area contributed by atoms with Gasteiger partial charge in [0.1, 0.15) is 24.3 Å². The van der Waals surface area contributed by atoms with Crippen LogP contribution in [-0.4, -0.2) is 123 Å². The second-order valence-corrected chi connectivity index (χ2v) is 14.8. The average Bonchev–Trinajstić information content (AvgIpc) is 3.90. The molecule has 4 saturated heterocycles. The van der Waals surface area contributed by atoms with Crippen LogP contribution in [0, 0.1) is 11.8 Å². The van der Waals surface area contributed by atoms with Gasteiger partial charge < -0.3 is 50.0 Å². The van der Waals surface area contributed by atoms with E-state index in [1.165, 1.54) is 0 Å². The highest BCUT2D eigenvalue weighted by Gasteiger charge is 2.35. The minimum absolute atomic E-state index is 0.181. The maximum atomic E-state index is 13.1. The molecule has 4 N–H and O–H groups in total. The number of benzene rings is 2. The Morgan fingerprint density at radius 3 is 1.29 bits per heavy atom. The molecule has 2 aromatic carbocycles. The fourth-order valence-electron chi connectivity index (χ4n) is 7.31. The topological polar surface area (TPSA) is 194 Å². The first kappa shape index (κ1) is 40.4. The molecule has 56 heavy (non-hydrogen) atoms. The molecule has 16 nitrogen and oxygen atoms in total. The van der Waals surface area contributed by atoms with Gasteiger partial charge in [0.25, 0.3) is 0 Å². The molecule has 16 heteroatoms. The summed E-state index contributed by atoms with van der Waals surface area (Å²) in [5, 5.41) is 11.1. The summed E-state index contributed by atoms with van der Waals surface area (Å²) in [6.45, 7) is 6.74. The molecule has 4 atom stereocenters. The van der Waals surface area contributed by atoms with Crippen molar-refractivity contribution < 1.29 is 47.7 Å². The SMILES string of the molecule is C[C@H](NC(=O)OC1CCOCC1)C(=O)N1CC[C@H](C(=O)Nc2ccc(-c3ccc(NC(=O)[C@@H]4CCN(C(=O)[C@@H](C)NC(=O)OC5CCOCC5)C4)cc3)cc2)C1.